The highest BCUT2D eigenvalue weighted by Gasteiger charge is 1.95. The first kappa shape index (κ1) is 76.5. The normalized spacial score (nSPS) is 6.94. The second kappa shape index (κ2) is 92.4. The Kier molecular flexibility index (Phi) is 196. The number of carbonyl (C=O) groups is 2. The van der Waals surface area contributed by atoms with E-state index in [9.17, 15) is 9.59 Å². The van der Waals surface area contributed by atoms with Crippen LogP contribution in [0.4, 0.5) is 0 Å². The maximum atomic E-state index is 10.3. The minimum absolute atomic E-state index is 0. The van der Waals surface area contributed by atoms with Crippen LogP contribution in [0.1, 0.15) is 151 Å². The summed E-state index contributed by atoms with van der Waals surface area (Å²) in [5.41, 5.74) is 0. The Bertz CT molecular complexity index is 226. The third-order valence-electron chi connectivity index (χ3n) is 2.94. The van der Waals surface area contributed by atoms with Gasteiger partial charge in [0.25, 0.3) is 0 Å². The first-order valence-electron chi connectivity index (χ1n) is 10.7. The summed E-state index contributed by atoms with van der Waals surface area (Å²) in [4.78, 5) is 20.6. The molecule has 0 aromatic heterocycles. The molecular formula is C30H80O6. The van der Waals surface area contributed by atoms with Gasteiger partial charge < -0.3 is 28.5 Å². The molecule has 0 radical (unpaired) electrons. The van der Waals surface area contributed by atoms with E-state index in [1.54, 1.807) is 42.3 Å². The molecule has 0 aliphatic heterocycles. The highest BCUT2D eigenvalue weighted by molar-refractivity contribution is 5.78. The fourth-order valence-electron chi connectivity index (χ4n) is 1.53. The van der Waals surface area contributed by atoms with Crippen molar-refractivity contribution >= 4 is 11.6 Å². The van der Waals surface area contributed by atoms with Gasteiger partial charge in [0.05, 0.1) is 0 Å². The summed E-state index contributed by atoms with van der Waals surface area (Å²) in [7, 11) is 6.35. The van der Waals surface area contributed by atoms with Gasteiger partial charge in [-0.2, -0.15) is 0 Å². The van der Waals surface area contributed by atoms with Crippen LogP contribution in [0.3, 0.4) is 0 Å². The second-order valence-electron chi connectivity index (χ2n) is 6.36. The lowest BCUT2D eigenvalue weighted by Gasteiger charge is -1.90. The van der Waals surface area contributed by atoms with E-state index in [0.29, 0.717) is 32.8 Å². The molecule has 0 aromatic carbocycles. The molecule has 0 atom stereocenters. The Labute approximate surface area is 233 Å². The summed E-state index contributed by atoms with van der Waals surface area (Å²) in [6.45, 7) is 12.7. The molecule has 0 aliphatic carbocycles. The lowest BCUT2D eigenvalue weighted by molar-refractivity contribution is -0.118. The summed E-state index contributed by atoms with van der Waals surface area (Å²) in [6.07, 6.45) is 9.95. The van der Waals surface area contributed by atoms with Crippen LogP contribution in [-0.4, -0.2) is 53.6 Å². The van der Waals surface area contributed by atoms with E-state index >= 15 is 0 Å². The number of rotatable bonds is 12. The van der Waals surface area contributed by atoms with Crippen LogP contribution < -0.4 is 0 Å². The summed E-state index contributed by atoms with van der Waals surface area (Å²) >= 11 is 0. The van der Waals surface area contributed by atoms with E-state index in [1.165, 1.54) is 38.5 Å². The average molecular weight is 537 g/mol. The number of ketones is 2. The minimum atomic E-state index is 0. The number of hydrogen-bond donors (Lipinski definition) is 0. The van der Waals surface area contributed by atoms with E-state index in [1.807, 2.05) is 0 Å². The first-order chi connectivity index (χ1) is 13.8. The maximum absolute atomic E-state index is 10.3. The van der Waals surface area contributed by atoms with Crippen LogP contribution in [0.25, 0.3) is 0 Å². The Balaban J connectivity index is -0.0000000195. The molecule has 0 unspecified atom stereocenters. The molecule has 0 heterocycles. The standard InChI is InChI=1S/C7H12O2.2C5H12.2C3H8O2.7CH4/c1-6(8)4-3-5-7(2)9;2*1-3-5-4-2;2*1-4-3-5-2;;;;;;;/h3-5H2,1-2H3;2*3-5H2,1-2H3;2*3H2,1-2H3;7*1H4. The van der Waals surface area contributed by atoms with Gasteiger partial charge in [0.1, 0.15) is 25.2 Å². The van der Waals surface area contributed by atoms with Gasteiger partial charge >= 0.3 is 0 Å². The van der Waals surface area contributed by atoms with Gasteiger partial charge in [0.2, 0.25) is 0 Å². The van der Waals surface area contributed by atoms with Gasteiger partial charge in [0, 0.05) is 41.3 Å². The lowest BCUT2D eigenvalue weighted by Crippen LogP contribution is -1.93. The highest BCUT2D eigenvalue weighted by Crippen LogP contribution is 1.95. The van der Waals surface area contributed by atoms with Crippen LogP contribution in [0.5, 0.6) is 0 Å². The molecule has 0 rings (SSSR count). The van der Waals surface area contributed by atoms with E-state index in [-0.39, 0.29) is 63.6 Å². The number of methoxy groups -OCH3 is 4. The fourth-order valence-corrected chi connectivity index (χ4v) is 1.53. The van der Waals surface area contributed by atoms with Crippen LogP contribution in [0.15, 0.2) is 0 Å². The van der Waals surface area contributed by atoms with Gasteiger partial charge in [-0.1, -0.05) is 118 Å². The van der Waals surface area contributed by atoms with E-state index in [0.717, 1.165) is 0 Å². The zero-order chi connectivity index (χ0) is 23.8. The van der Waals surface area contributed by atoms with Crippen molar-refractivity contribution in [2.45, 2.75) is 151 Å². The molecule has 0 amide bonds. The second-order valence-corrected chi connectivity index (χ2v) is 6.36. The van der Waals surface area contributed by atoms with Crippen molar-refractivity contribution in [3.05, 3.63) is 0 Å². The van der Waals surface area contributed by atoms with Crippen molar-refractivity contribution in [1.82, 2.24) is 0 Å². The summed E-state index contributed by atoms with van der Waals surface area (Å²) in [6, 6.07) is 0. The molecule has 0 aromatic rings. The molecule has 6 heteroatoms. The van der Waals surface area contributed by atoms with Crippen LogP contribution >= 0.6 is 0 Å². The highest BCUT2D eigenvalue weighted by atomic mass is 16.7. The Hall–Kier alpha value is -0.820. The summed E-state index contributed by atoms with van der Waals surface area (Å²) < 4.78 is 17.9. The SMILES string of the molecule is C.C.C.C.C.C.C.CC(=O)CCCC(C)=O.CCCCC.CCCCC.COCOC.COCOC. The molecule has 6 nitrogen and oxygen atoms in total. The van der Waals surface area contributed by atoms with Crippen LogP contribution in [0.2, 0.25) is 0 Å². The van der Waals surface area contributed by atoms with E-state index in [2.05, 4.69) is 46.6 Å². The number of ether oxygens (including phenoxy) is 4. The van der Waals surface area contributed by atoms with Gasteiger partial charge in [0.15, 0.2) is 0 Å². The molecular weight excluding hydrogens is 456 g/mol. The third-order valence-corrected chi connectivity index (χ3v) is 2.94. The molecule has 0 N–H and O–H groups in total. The molecule has 0 aliphatic rings. The first-order valence-corrected chi connectivity index (χ1v) is 10.7. The summed E-state index contributed by atoms with van der Waals surface area (Å²) in [5.74, 6) is 0.326. The Morgan fingerprint density at radius 1 is 0.444 bits per heavy atom. The maximum Gasteiger partial charge on any atom is 0.145 e. The van der Waals surface area contributed by atoms with Gasteiger partial charge in [-0.15, -0.1) is 0 Å². The molecule has 0 saturated heterocycles. The fraction of sp³-hybridized carbons (Fsp3) is 0.933. The Morgan fingerprint density at radius 3 is 0.694 bits per heavy atom. The van der Waals surface area contributed by atoms with Crippen LogP contribution in [0, 0.1) is 0 Å². The van der Waals surface area contributed by atoms with Crippen molar-refractivity contribution in [2.75, 3.05) is 42.0 Å². The number of carbonyl (C=O) groups excluding carboxylic acids is 2. The van der Waals surface area contributed by atoms with Gasteiger partial charge in [-0.3, -0.25) is 0 Å². The van der Waals surface area contributed by atoms with Crippen molar-refractivity contribution in [3.63, 3.8) is 0 Å². The monoisotopic (exact) mass is 537 g/mol. The number of unbranched alkanes of at least 4 members (excludes halogenated alkanes) is 4. The molecule has 0 saturated carbocycles. The lowest BCUT2D eigenvalue weighted by atomic mass is 10.1. The topological polar surface area (TPSA) is 71.1 Å². The Morgan fingerprint density at radius 2 is 0.639 bits per heavy atom. The van der Waals surface area contributed by atoms with Crippen LogP contribution in [-0.2, 0) is 28.5 Å². The van der Waals surface area contributed by atoms with Crippen molar-refractivity contribution in [1.29, 1.82) is 0 Å². The zero-order valence-corrected chi connectivity index (χ0v) is 21.2. The summed E-state index contributed by atoms with van der Waals surface area (Å²) in [5, 5.41) is 0. The van der Waals surface area contributed by atoms with Crippen molar-refractivity contribution in [2.24, 2.45) is 0 Å². The molecule has 0 bridgehead atoms. The zero-order valence-electron chi connectivity index (χ0n) is 21.2. The van der Waals surface area contributed by atoms with Gasteiger partial charge in [-0.05, 0) is 20.3 Å². The average Bonchev–Trinajstić information content (AvgIpc) is 2.66. The molecule has 0 spiro atoms. The number of hydrogen-bond acceptors (Lipinski definition) is 6. The van der Waals surface area contributed by atoms with Crippen molar-refractivity contribution < 1.29 is 28.5 Å². The minimum Gasteiger partial charge on any atom is -0.359 e. The van der Waals surface area contributed by atoms with Gasteiger partial charge in [-0.25, -0.2) is 0 Å². The smallest absolute Gasteiger partial charge is 0.145 e. The van der Waals surface area contributed by atoms with E-state index < -0.39 is 0 Å². The number of Topliss-reactive ketones (excluding diaryl/α,β-unsaturated/α-hetero) is 2. The molecule has 0 fully saturated rings. The predicted molar refractivity (Wildman–Crippen MR) is 170 cm³/mol. The quantitative estimate of drug-likeness (QED) is 0.231. The van der Waals surface area contributed by atoms with Crippen molar-refractivity contribution in [3.8, 4) is 0 Å². The predicted octanol–water partition coefficient (Wildman–Crippen LogP) is 10.7. The molecule has 236 valence electrons. The van der Waals surface area contributed by atoms with E-state index in [4.69, 9.17) is 0 Å². The largest absolute Gasteiger partial charge is 0.359 e. The third kappa shape index (κ3) is 198. The molecule has 36 heavy (non-hydrogen) atoms.